The molecular formula is C16H29NO3. The van der Waals surface area contributed by atoms with E-state index in [9.17, 15) is 9.59 Å². The molecule has 116 valence electrons. The van der Waals surface area contributed by atoms with Crippen molar-refractivity contribution in [3.05, 3.63) is 0 Å². The molecule has 0 aliphatic heterocycles. The topological polar surface area (TPSA) is 46.6 Å². The number of hydrogen-bond acceptors (Lipinski definition) is 3. The summed E-state index contributed by atoms with van der Waals surface area (Å²) in [4.78, 5) is 26.1. The molecule has 0 heterocycles. The zero-order valence-corrected chi connectivity index (χ0v) is 13.2. The van der Waals surface area contributed by atoms with E-state index in [1.807, 2.05) is 0 Å². The quantitative estimate of drug-likeness (QED) is 0.643. The lowest BCUT2D eigenvalue weighted by Crippen LogP contribution is -2.45. The molecule has 1 fully saturated rings. The van der Waals surface area contributed by atoms with E-state index in [0.29, 0.717) is 0 Å². The Kier molecular flexibility index (Phi) is 7.63. The highest BCUT2D eigenvalue weighted by molar-refractivity contribution is 5.84. The van der Waals surface area contributed by atoms with Gasteiger partial charge in [0.15, 0.2) is 0 Å². The molecule has 1 amide bonds. The Bertz CT molecular complexity index is 311. The number of amides is 1. The third-order valence-corrected chi connectivity index (χ3v) is 4.32. The second-order valence-corrected chi connectivity index (χ2v) is 5.73. The van der Waals surface area contributed by atoms with Crippen LogP contribution in [0.25, 0.3) is 0 Å². The van der Waals surface area contributed by atoms with E-state index in [4.69, 9.17) is 4.74 Å². The molecule has 1 unspecified atom stereocenters. The summed E-state index contributed by atoms with van der Waals surface area (Å²) >= 11 is 0. The Hall–Kier alpha value is -1.06. The van der Waals surface area contributed by atoms with Crippen molar-refractivity contribution in [3.63, 3.8) is 0 Å². The first kappa shape index (κ1) is 17.0. The van der Waals surface area contributed by atoms with Gasteiger partial charge in [0.2, 0.25) is 5.91 Å². The Labute approximate surface area is 122 Å². The SMILES string of the molecule is CCCCC(CC)C(=O)N(CC(=O)OC)C1CCCC1. The van der Waals surface area contributed by atoms with Crippen LogP contribution in [0.1, 0.15) is 65.2 Å². The molecule has 1 atom stereocenters. The standard InChI is InChI=1S/C16H29NO3/c1-4-6-9-13(5-2)16(19)17(12-15(18)20-3)14-10-7-8-11-14/h13-14H,4-12H2,1-3H3. The zero-order chi connectivity index (χ0) is 15.0. The summed E-state index contributed by atoms with van der Waals surface area (Å²) in [7, 11) is 1.38. The molecule has 0 spiro atoms. The highest BCUT2D eigenvalue weighted by atomic mass is 16.5. The molecule has 0 aromatic heterocycles. The fourth-order valence-electron chi connectivity index (χ4n) is 2.99. The molecular weight excluding hydrogens is 254 g/mol. The predicted molar refractivity (Wildman–Crippen MR) is 79.3 cm³/mol. The Morgan fingerprint density at radius 3 is 2.40 bits per heavy atom. The molecule has 4 heteroatoms. The summed E-state index contributed by atoms with van der Waals surface area (Å²) in [5.74, 6) is -0.103. The van der Waals surface area contributed by atoms with Crippen molar-refractivity contribution in [3.8, 4) is 0 Å². The summed E-state index contributed by atoms with van der Waals surface area (Å²) in [6, 6.07) is 0.234. The van der Waals surface area contributed by atoms with Crippen LogP contribution in [0.5, 0.6) is 0 Å². The normalized spacial score (nSPS) is 16.9. The Morgan fingerprint density at radius 1 is 1.25 bits per heavy atom. The van der Waals surface area contributed by atoms with Gasteiger partial charge in [-0.2, -0.15) is 0 Å². The number of carbonyl (C=O) groups is 2. The number of nitrogens with zero attached hydrogens (tertiary/aromatic N) is 1. The molecule has 1 aliphatic rings. The number of ether oxygens (including phenoxy) is 1. The lowest BCUT2D eigenvalue weighted by molar-refractivity contribution is -0.150. The number of carbonyl (C=O) groups excluding carboxylic acids is 2. The third-order valence-electron chi connectivity index (χ3n) is 4.32. The summed E-state index contributed by atoms with van der Waals surface area (Å²) < 4.78 is 4.75. The van der Waals surface area contributed by atoms with Crippen LogP contribution in [0.15, 0.2) is 0 Å². The summed E-state index contributed by atoms with van der Waals surface area (Å²) in [6.07, 6.45) is 8.30. The van der Waals surface area contributed by atoms with Gasteiger partial charge in [-0.1, -0.05) is 39.5 Å². The van der Waals surface area contributed by atoms with Crippen molar-refractivity contribution in [1.82, 2.24) is 4.90 Å². The number of methoxy groups -OCH3 is 1. The van der Waals surface area contributed by atoms with Crippen LogP contribution in [-0.2, 0) is 14.3 Å². The minimum Gasteiger partial charge on any atom is -0.468 e. The molecule has 0 bridgehead atoms. The maximum absolute atomic E-state index is 12.7. The molecule has 0 N–H and O–H groups in total. The number of rotatable bonds is 8. The molecule has 0 radical (unpaired) electrons. The van der Waals surface area contributed by atoms with Crippen molar-refractivity contribution in [2.24, 2.45) is 5.92 Å². The third kappa shape index (κ3) is 4.80. The highest BCUT2D eigenvalue weighted by Crippen LogP contribution is 2.26. The molecule has 0 aromatic rings. The zero-order valence-electron chi connectivity index (χ0n) is 13.2. The van der Waals surface area contributed by atoms with Gasteiger partial charge in [-0.05, 0) is 25.7 Å². The van der Waals surface area contributed by atoms with Crippen molar-refractivity contribution in [2.75, 3.05) is 13.7 Å². The van der Waals surface area contributed by atoms with E-state index < -0.39 is 0 Å². The maximum Gasteiger partial charge on any atom is 0.325 e. The first-order valence-electron chi connectivity index (χ1n) is 8.01. The minimum atomic E-state index is -0.310. The predicted octanol–water partition coefficient (Wildman–Crippen LogP) is 3.15. The van der Waals surface area contributed by atoms with Gasteiger partial charge in [0.25, 0.3) is 0 Å². The smallest absolute Gasteiger partial charge is 0.325 e. The monoisotopic (exact) mass is 283 g/mol. The number of esters is 1. The van der Waals surface area contributed by atoms with Crippen LogP contribution in [0.2, 0.25) is 0 Å². The second kappa shape index (κ2) is 8.98. The van der Waals surface area contributed by atoms with Crippen LogP contribution >= 0.6 is 0 Å². The van der Waals surface area contributed by atoms with Crippen molar-refractivity contribution in [2.45, 2.75) is 71.3 Å². The molecule has 0 aromatic carbocycles. The van der Waals surface area contributed by atoms with Gasteiger partial charge in [-0.25, -0.2) is 0 Å². The van der Waals surface area contributed by atoms with Crippen molar-refractivity contribution < 1.29 is 14.3 Å². The van der Waals surface area contributed by atoms with Gasteiger partial charge in [0.05, 0.1) is 7.11 Å². The molecule has 1 aliphatic carbocycles. The summed E-state index contributed by atoms with van der Waals surface area (Å²) in [6.45, 7) is 4.31. The maximum atomic E-state index is 12.7. The molecule has 4 nitrogen and oxygen atoms in total. The molecule has 20 heavy (non-hydrogen) atoms. The van der Waals surface area contributed by atoms with Gasteiger partial charge >= 0.3 is 5.97 Å². The highest BCUT2D eigenvalue weighted by Gasteiger charge is 2.31. The largest absolute Gasteiger partial charge is 0.468 e. The average Bonchev–Trinajstić information content (AvgIpc) is 2.98. The van der Waals surface area contributed by atoms with E-state index in [-0.39, 0.29) is 30.4 Å². The minimum absolute atomic E-state index is 0.0557. The number of unbranched alkanes of at least 4 members (excludes halogenated alkanes) is 1. The van der Waals surface area contributed by atoms with Gasteiger partial charge in [0.1, 0.15) is 6.54 Å². The van der Waals surface area contributed by atoms with Crippen molar-refractivity contribution >= 4 is 11.9 Å². The lowest BCUT2D eigenvalue weighted by atomic mass is 9.96. The van der Waals surface area contributed by atoms with E-state index >= 15 is 0 Å². The molecule has 0 saturated heterocycles. The van der Waals surface area contributed by atoms with E-state index in [1.54, 1.807) is 4.90 Å². The van der Waals surface area contributed by atoms with Crippen LogP contribution in [0.3, 0.4) is 0 Å². The summed E-state index contributed by atoms with van der Waals surface area (Å²) in [5, 5.41) is 0. The Balaban J connectivity index is 2.73. The first-order chi connectivity index (χ1) is 9.63. The van der Waals surface area contributed by atoms with E-state index in [2.05, 4.69) is 13.8 Å². The average molecular weight is 283 g/mol. The fourth-order valence-corrected chi connectivity index (χ4v) is 2.99. The Morgan fingerprint density at radius 2 is 1.90 bits per heavy atom. The van der Waals surface area contributed by atoms with E-state index in [0.717, 1.165) is 51.4 Å². The fraction of sp³-hybridized carbons (Fsp3) is 0.875. The van der Waals surface area contributed by atoms with Gasteiger partial charge in [0, 0.05) is 12.0 Å². The second-order valence-electron chi connectivity index (χ2n) is 5.73. The van der Waals surface area contributed by atoms with E-state index in [1.165, 1.54) is 7.11 Å². The van der Waals surface area contributed by atoms with Gasteiger partial charge in [-0.3, -0.25) is 9.59 Å². The lowest BCUT2D eigenvalue weighted by Gasteiger charge is -2.31. The molecule has 1 saturated carbocycles. The van der Waals surface area contributed by atoms with Crippen molar-refractivity contribution in [1.29, 1.82) is 0 Å². The van der Waals surface area contributed by atoms with Crippen LogP contribution < -0.4 is 0 Å². The number of hydrogen-bond donors (Lipinski definition) is 0. The van der Waals surface area contributed by atoms with Crippen LogP contribution in [-0.4, -0.2) is 36.5 Å². The van der Waals surface area contributed by atoms with Crippen LogP contribution in [0.4, 0.5) is 0 Å². The van der Waals surface area contributed by atoms with Gasteiger partial charge in [-0.15, -0.1) is 0 Å². The molecule has 1 rings (SSSR count). The summed E-state index contributed by atoms with van der Waals surface area (Å²) in [5.41, 5.74) is 0. The first-order valence-corrected chi connectivity index (χ1v) is 8.01. The van der Waals surface area contributed by atoms with Crippen LogP contribution in [0, 0.1) is 5.92 Å². The van der Waals surface area contributed by atoms with Gasteiger partial charge < -0.3 is 9.64 Å².